The number of hydrogen-bond acceptors (Lipinski definition) is 4. The molecule has 2 aromatic rings. The number of unbranched alkanes of at least 4 members (excludes halogenated alkanes) is 1. The highest BCUT2D eigenvalue weighted by atomic mass is 16.4. The topological polar surface area (TPSA) is 117 Å². The molecule has 8 nitrogen and oxygen atoms in total. The molecule has 0 aromatic carbocycles. The van der Waals surface area contributed by atoms with Gasteiger partial charge in [0.25, 0.3) is 5.56 Å². The van der Waals surface area contributed by atoms with Crippen LogP contribution in [0.4, 0.5) is 0 Å². The maximum atomic E-state index is 12.3. The number of carbonyl (C=O) groups is 2. The molecule has 0 aliphatic carbocycles. The van der Waals surface area contributed by atoms with Crippen molar-refractivity contribution >= 4 is 17.5 Å². The average molecular weight is 320 g/mol. The Bertz CT molecular complexity index is 777. The SMILES string of the molecule is CCCCC(NC(=O)Cc1c(C)nc2cc[nH]n2c1=O)C(=O)O. The molecule has 1 amide bonds. The van der Waals surface area contributed by atoms with Crippen molar-refractivity contribution in [3.05, 3.63) is 33.9 Å². The fourth-order valence-electron chi connectivity index (χ4n) is 2.38. The lowest BCUT2D eigenvalue weighted by atomic mass is 10.1. The Hall–Kier alpha value is -2.64. The number of amides is 1. The molecule has 0 aliphatic heterocycles. The van der Waals surface area contributed by atoms with Crippen molar-refractivity contribution in [1.82, 2.24) is 19.9 Å². The Morgan fingerprint density at radius 3 is 2.87 bits per heavy atom. The number of carboxylic acids is 1. The molecule has 1 unspecified atom stereocenters. The average Bonchev–Trinajstić information content (AvgIpc) is 2.95. The molecule has 2 heterocycles. The zero-order valence-electron chi connectivity index (χ0n) is 13.1. The fourth-order valence-corrected chi connectivity index (χ4v) is 2.38. The summed E-state index contributed by atoms with van der Waals surface area (Å²) in [6.45, 7) is 3.60. The molecule has 23 heavy (non-hydrogen) atoms. The fraction of sp³-hybridized carbons (Fsp3) is 0.467. The number of fused-ring (bicyclic) bond motifs is 1. The van der Waals surface area contributed by atoms with Crippen molar-refractivity contribution in [3.63, 3.8) is 0 Å². The van der Waals surface area contributed by atoms with Gasteiger partial charge in [-0.25, -0.2) is 14.3 Å². The van der Waals surface area contributed by atoms with Crippen molar-refractivity contribution in [3.8, 4) is 0 Å². The van der Waals surface area contributed by atoms with Crippen molar-refractivity contribution in [2.24, 2.45) is 0 Å². The predicted octanol–water partition coefficient (Wildman–Crippen LogP) is 0.633. The molecule has 0 aliphatic rings. The standard InChI is InChI=1S/C15H20N4O4/c1-3-4-5-11(15(22)23)18-13(20)8-10-9(2)17-12-6-7-16-19(12)14(10)21/h6-7,11,16H,3-5,8H2,1-2H3,(H,18,20)(H,22,23). The molecule has 2 rings (SSSR count). The van der Waals surface area contributed by atoms with Crippen molar-refractivity contribution in [1.29, 1.82) is 0 Å². The zero-order chi connectivity index (χ0) is 17.0. The summed E-state index contributed by atoms with van der Waals surface area (Å²) in [4.78, 5) is 39.9. The molecular weight excluding hydrogens is 300 g/mol. The molecule has 1 atom stereocenters. The van der Waals surface area contributed by atoms with Gasteiger partial charge in [0, 0.05) is 23.5 Å². The second kappa shape index (κ2) is 7.08. The van der Waals surface area contributed by atoms with E-state index < -0.39 is 17.9 Å². The van der Waals surface area contributed by atoms with E-state index in [2.05, 4.69) is 15.4 Å². The third-order valence-corrected chi connectivity index (χ3v) is 3.66. The summed E-state index contributed by atoms with van der Waals surface area (Å²) in [7, 11) is 0. The molecule has 3 N–H and O–H groups in total. The van der Waals surface area contributed by atoms with Crippen LogP contribution in [0.5, 0.6) is 0 Å². The number of H-pyrrole nitrogens is 1. The van der Waals surface area contributed by atoms with E-state index >= 15 is 0 Å². The van der Waals surface area contributed by atoms with Gasteiger partial charge in [-0.15, -0.1) is 0 Å². The van der Waals surface area contributed by atoms with Crippen LogP contribution in [0.1, 0.15) is 37.4 Å². The number of rotatable bonds is 7. The first-order chi connectivity index (χ1) is 10.9. The molecule has 0 saturated carbocycles. The highest BCUT2D eigenvalue weighted by Crippen LogP contribution is 2.05. The van der Waals surface area contributed by atoms with E-state index in [0.717, 1.165) is 6.42 Å². The third kappa shape index (κ3) is 3.77. The van der Waals surface area contributed by atoms with E-state index in [9.17, 15) is 14.4 Å². The molecular formula is C15H20N4O4. The van der Waals surface area contributed by atoms with Crippen LogP contribution in [0.25, 0.3) is 5.65 Å². The van der Waals surface area contributed by atoms with Crippen LogP contribution in [0.15, 0.2) is 17.1 Å². The lowest BCUT2D eigenvalue weighted by Crippen LogP contribution is -2.42. The van der Waals surface area contributed by atoms with Gasteiger partial charge in [0.1, 0.15) is 6.04 Å². The van der Waals surface area contributed by atoms with Crippen LogP contribution in [0, 0.1) is 6.92 Å². The maximum absolute atomic E-state index is 12.3. The lowest BCUT2D eigenvalue weighted by molar-refractivity contribution is -0.142. The van der Waals surface area contributed by atoms with Gasteiger partial charge in [0.2, 0.25) is 5.91 Å². The molecule has 0 radical (unpaired) electrons. The van der Waals surface area contributed by atoms with Crippen molar-refractivity contribution in [2.45, 2.75) is 45.6 Å². The first-order valence-corrected chi connectivity index (χ1v) is 7.51. The van der Waals surface area contributed by atoms with Gasteiger partial charge in [-0.05, 0) is 13.3 Å². The van der Waals surface area contributed by atoms with Gasteiger partial charge in [0.15, 0.2) is 5.65 Å². The number of carboxylic acid groups (broad SMARTS) is 1. The van der Waals surface area contributed by atoms with Gasteiger partial charge in [0.05, 0.1) is 6.42 Å². The largest absolute Gasteiger partial charge is 0.480 e. The lowest BCUT2D eigenvalue weighted by Gasteiger charge is -2.14. The number of nitrogens with one attached hydrogen (secondary N) is 2. The first kappa shape index (κ1) is 16.7. The molecule has 0 fully saturated rings. The number of carbonyl (C=O) groups excluding carboxylic acids is 1. The molecule has 2 aromatic heterocycles. The second-order valence-corrected chi connectivity index (χ2v) is 5.41. The number of aryl methyl sites for hydroxylation is 1. The number of aliphatic carboxylic acids is 1. The number of aromatic nitrogens is 3. The Labute approximate surface area is 132 Å². The van der Waals surface area contributed by atoms with Crippen molar-refractivity contribution < 1.29 is 14.7 Å². The predicted molar refractivity (Wildman–Crippen MR) is 83.3 cm³/mol. The highest BCUT2D eigenvalue weighted by Gasteiger charge is 2.21. The number of aromatic amines is 1. The molecule has 0 saturated heterocycles. The van der Waals surface area contributed by atoms with Crippen LogP contribution < -0.4 is 10.9 Å². The number of hydrogen-bond donors (Lipinski definition) is 3. The van der Waals surface area contributed by atoms with Crippen LogP contribution in [-0.4, -0.2) is 37.6 Å². The summed E-state index contributed by atoms with van der Waals surface area (Å²) >= 11 is 0. The monoisotopic (exact) mass is 320 g/mol. The smallest absolute Gasteiger partial charge is 0.326 e. The summed E-state index contributed by atoms with van der Waals surface area (Å²) < 4.78 is 1.25. The Kier molecular flexibility index (Phi) is 5.15. The molecule has 124 valence electrons. The van der Waals surface area contributed by atoms with Gasteiger partial charge in [-0.2, -0.15) is 0 Å². The minimum Gasteiger partial charge on any atom is -0.480 e. The maximum Gasteiger partial charge on any atom is 0.326 e. The van der Waals surface area contributed by atoms with Crippen LogP contribution in [-0.2, 0) is 16.0 Å². The summed E-state index contributed by atoms with van der Waals surface area (Å²) in [5, 5.41) is 14.3. The quantitative estimate of drug-likeness (QED) is 0.692. The van der Waals surface area contributed by atoms with E-state index in [0.29, 0.717) is 24.2 Å². The van der Waals surface area contributed by atoms with E-state index in [1.807, 2.05) is 6.92 Å². The summed E-state index contributed by atoms with van der Waals surface area (Å²) in [6, 6.07) is 0.719. The Morgan fingerprint density at radius 2 is 2.22 bits per heavy atom. The minimum atomic E-state index is -1.07. The summed E-state index contributed by atoms with van der Waals surface area (Å²) in [6.07, 6.45) is 3.29. The van der Waals surface area contributed by atoms with Crippen LogP contribution >= 0.6 is 0 Å². The minimum absolute atomic E-state index is 0.199. The van der Waals surface area contributed by atoms with Crippen LogP contribution in [0.2, 0.25) is 0 Å². The third-order valence-electron chi connectivity index (χ3n) is 3.66. The van der Waals surface area contributed by atoms with E-state index in [1.165, 1.54) is 4.52 Å². The Balaban J connectivity index is 2.16. The van der Waals surface area contributed by atoms with Gasteiger partial charge in [-0.1, -0.05) is 19.8 Å². The first-order valence-electron chi connectivity index (χ1n) is 7.51. The highest BCUT2D eigenvalue weighted by molar-refractivity contribution is 5.84. The van der Waals surface area contributed by atoms with Gasteiger partial charge in [-0.3, -0.25) is 14.7 Å². The summed E-state index contributed by atoms with van der Waals surface area (Å²) in [5.41, 5.74) is 0.836. The van der Waals surface area contributed by atoms with Crippen LogP contribution in [0.3, 0.4) is 0 Å². The number of nitrogens with zero attached hydrogens (tertiary/aromatic N) is 2. The zero-order valence-corrected chi connectivity index (χ0v) is 13.1. The normalized spacial score (nSPS) is 12.3. The molecule has 8 heteroatoms. The van der Waals surface area contributed by atoms with Gasteiger partial charge < -0.3 is 10.4 Å². The Morgan fingerprint density at radius 1 is 1.48 bits per heavy atom. The summed E-state index contributed by atoms with van der Waals surface area (Å²) in [5.74, 6) is -1.57. The molecule has 0 spiro atoms. The van der Waals surface area contributed by atoms with Gasteiger partial charge >= 0.3 is 5.97 Å². The second-order valence-electron chi connectivity index (χ2n) is 5.41. The molecule has 0 bridgehead atoms. The van der Waals surface area contributed by atoms with E-state index in [1.54, 1.807) is 19.2 Å². The van der Waals surface area contributed by atoms with E-state index in [4.69, 9.17) is 5.11 Å². The van der Waals surface area contributed by atoms with E-state index in [-0.39, 0.29) is 17.5 Å². The van der Waals surface area contributed by atoms with Crippen molar-refractivity contribution in [2.75, 3.05) is 0 Å².